The van der Waals surface area contributed by atoms with Crippen LogP contribution in [0.4, 0.5) is 0 Å². The summed E-state index contributed by atoms with van der Waals surface area (Å²) in [5.74, 6) is 0.915. The van der Waals surface area contributed by atoms with Crippen LogP contribution in [0.1, 0.15) is 26.2 Å². The highest BCUT2D eigenvalue weighted by atomic mass is 15.1. The molecule has 1 rings (SSSR count). The van der Waals surface area contributed by atoms with Gasteiger partial charge in [0.15, 0.2) is 0 Å². The van der Waals surface area contributed by atoms with Crippen molar-refractivity contribution in [3.63, 3.8) is 0 Å². The van der Waals surface area contributed by atoms with Crippen LogP contribution in [0, 0.1) is 17.2 Å². The van der Waals surface area contributed by atoms with Gasteiger partial charge in [-0.2, -0.15) is 5.26 Å². The molecule has 0 aromatic rings. The van der Waals surface area contributed by atoms with Gasteiger partial charge in [-0.3, -0.25) is 0 Å². The Kier molecular flexibility index (Phi) is 2.90. The summed E-state index contributed by atoms with van der Waals surface area (Å²) in [6.07, 6.45) is 3.43. The van der Waals surface area contributed by atoms with Crippen molar-refractivity contribution in [1.29, 1.82) is 5.26 Å². The van der Waals surface area contributed by atoms with Crippen LogP contribution in [0.3, 0.4) is 0 Å². The summed E-state index contributed by atoms with van der Waals surface area (Å²) in [6.45, 7) is 3.18. The van der Waals surface area contributed by atoms with E-state index in [0.717, 1.165) is 12.5 Å². The minimum atomic E-state index is 0.660. The second-order valence-electron chi connectivity index (χ2n) is 3.47. The monoisotopic (exact) mass is 152 g/mol. The van der Waals surface area contributed by atoms with E-state index >= 15 is 0 Å². The van der Waals surface area contributed by atoms with Crippen LogP contribution in [0.5, 0.6) is 0 Å². The van der Waals surface area contributed by atoms with Gasteiger partial charge in [-0.25, -0.2) is 0 Å². The molecule has 1 aliphatic carbocycles. The quantitative estimate of drug-likeness (QED) is 0.612. The Hall–Kier alpha value is -0.550. The van der Waals surface area contributed by atoms with E-state index in [2.05, 4.69) is 24.9 Å². The van der Waals surface area contributed by atoms with Crippen LogP contribution in [-0.2, 0) is 0 Å². The highest BCUT2D eigenvalue weighted by Crippen LogP contribution is 2.34. The first-order chi connectivity index (χ1) is 5.25. The molecule has 1 atom stereocenters. The number of hydrogen-bond acceptors (Lipinski definition) is 2. The van der Waals surface area contributed by atoms with Gasteiger partial charge in [-0.1, -0.05) is 0 Å². The largest absolute Gasteiger partial charge is 0.302 e. The predicted molar refractivity (Wildman–Crippen MR) is 45.0 cm³/mol. The molecular weight excluding hydrogens is 136 g/mol. The molecule has 11 heavy (non-hydrogen) atoms. The van der Waals surface area contributed by atoms with Crippen molar-refractivity contribution in [2.45, 2.75) is 32.2 Å². The molecule has 1 fully saturated rings. The Bertz CT molecular complexity index is 155. The molecule has 62 valence electrons. The van der Waals surface area contributed by atoms with E-state index in [1.54, 1.807) is 0 Å². The molecular formula is C9H16N2. The van der Waals surface area contributed by atoms with Crippen molar-refractivity contribution < 1.29 is 0 Å². The van der Waals surface area contributed by atoms with Gasteiger partial charge in [0.05, 0.1) is 6.07 Å². The Morgan fingerprint density at radius 1 is 1.64 bits per heavy atom. The molecule has 0 aromatic carbocycles. The zero-order valence-electron chi connectivity index (χ0n) is 7.38. The zero-order chi connectivity index (χ0) is 8.27. The normalized spacial score (nSPS) is 19.8. The fraction of sp³-hybridized carbons (Fsp3) is 0.889. The van der Waals surface area contributed by atoms with Crippen molar-refractivity contribution in [2.75, 3.05) is 13.6 Å². The molecule has 0 N–H and O–H groups in total. The lowest BCUT2D eigenvalue weighted by atomic mass is 10.2. The highest BCUT2D eigenvalue weighted by molar-refractivity contribution is 4.85. The van der Waals surface area contributed by atoms with Crippen molar-refractivity contribution in [3.05, 3.63) is 0 Å². The molecule has 0 saturated heterocycles. The molecule has 2 heteroatoms. The smallest absolute Gasteiger partial charge is 0.0635 e. The van der Waals surface area contributed by atoms with Gasteiger partial charge in [0.1, 0.15) is 0 Å². The van der Waals surface area contributed by atoms with Gasteiger partial charge >= 0.3 is 0 Å². The summed E-state index contributed by atoms with van der Waals surface area (Å²) in [7, 11) is 2.11. The van der Waals surface area contributed by atoms with Gasteiger partial charge in [0, 0.05) is 19.0 Å². The maximum atomic E-state index is 8.37. The van der Waals surface area contributed by atoms with Gasteiger partial charge in [0.25, 0.3) is 0 Å². The first-order valence-corrected chi connectivity index (χ1v) is 4.33. The Morgan fingerprint density at radius 2 is 2.27 bits per heavy atom. The lowest BCUT2D eigenvalue weighted by Gasteiger charge is -2.23. The van der Waals surface area contributed by atoms with Crippen molar-refractivity contribution in [2.24, 2.45) is 5.92 Å². The van der Waals surface area contributed by atoms with E-state index in [1.807, 2.05) is 0 Å². The molecule has 0 bridgehead atoms. The fourth-order valence-electron chi connectivity index (χ4n) is 1.37. The Balaban J connectivity index is 2.17. The summed E-state index contributed by atoms with van der Waals surface area (Å²) < 4.78 is 0. The lowest BCUT2D eigenvalue weighted by molar-refractivity contribution is 0.239. The molecule has 0 amide bonds. The van der Waals surface area contributed by atoms with Crippen LogP contribution in [0.25, 0.3) is 0 Å². The number of nitrogens with zero attached hydrogens (tertiary/aromatic N) is 2. The van der Waals surface area contributed by atoms with Gasteiger partial charge < -0.3 is 4.90 Å². The molecule has 1 unspecified atom stereocenters. The lowest BCUT2D eigenvalue weighted by Crippen LogP contribution is -2.31. The molecule has 1 saturated carbocycles. The Labute approximate surface area is 68.8 Å². The standard InChI is InChI=1S/C9H16N2/c1-8(9-4-5-9)11(2)7-3-6-10/h8-9H,3-5,7H2,1-2H3. The third kappa shape index (κ3) is 2.51. The summed E-state index contributed by atoms with van der Waals surface area (Å²) in [5.41, 5.74) is 0. The number of hydrogen-bond donors (Lipinski definition) is 0. The van der Waals surface area contributed by atoms with Gasteiger partial charge in [-0.05, 0) is 32.7 Å². The Morgan fingerprint density at radius 3 is 2.73 bits per heavy atom. The molecule has 2 nitrogen and oxygen atoms in total. The highest BCUT2D eigenvalue weighted by Gasteiger charge is 2.29. The van der Waals surface area contributed by atoms with E-state index in [9.17, 15) is 0 Å². The van der Waals surface area contributed by atoms with Crippen molar-refractivity contribution in [1.82, 2.24) is 4.90 Å². The SMILES string of the molecule is CC(C1CC1)N(C)CCC#N. The third-order valence-corrected chi connectivity index (χ3v) is 2.58. The molecule has 0 aromatic heterocycles. The van der Waals surface area contributed by atoms with Crippen LogP contribution >= 0.6 is 0 Å². The second-order valence-corrected chi connectivity index (χ2v) is 3.47. The molecule has 0 spiro atoms. The molecule has 1 aliphatic rings. The first kappa shape index (κ1) is 8.55. The van der Waals surface area contributed by atoms with E-state index in [1.165, 1.54) is 12.8 Å². The van der Waals surface area contributed by atoms with Crippen molar-refractivity contribution >= 4 is 0 Å². The van der Waals surface area contributed by atoms with Crippen molar-refractivity contribution in [3.8, 4) is 6.07 Å². The fourth-order valence-corrected chi connectivity index (χ4v) is 1.37. The average molecular weight is 152 g/mol. The van der Waals surface area contributed by atoms with E-state index in [0.29, 0.717) is 12.5 Å². The summed E-state index contributed by atoms with van der Waals surface area (Å²) in [4.78, 5) is 2.29. The average Bonchev–Trinajstić information content (AvgIpc) is 2.81. The molecule has 0 aliphatic heterocycles. The van der Waals surface area contributed by atoms with E-state index < -0.39 is 0 Å². The maximum Gasteiger partial charge on any atom is 0.0635 e. The van der Waals surface area contributed by atoms with Crippen LogP contribution in [0.2, 0.25) is 0 Å². The zero-order valence-corrected chi connectivity index (χ0v) is 7.38. The maximum absolute atomic E-state index is 8.37. The topological polar surface area (TPSA) is 27.0 Å². The minimum Gasteiger partial charge on any atom is -0.302 e. The number of nitriles is 1. The van der Waals surface area contributed by atoms with Crippen LogP contribution in [-0.4, -0.2) is 24.5 Å². The minimum absolute atomic E-state index is 0.660. The van der Waals surface area contributed by atoms with Gasteiger partial charge in [-0.15, -0.1) is 0 Å². The summed E-state index contributed by atoms with van der Waals surface area (Å²) >= 11 is 0. The molecule has 0 heterocycles. The van der Waals surface area contributed by atoms with E-state index in [-0.39, 0.29) is 0 Å². The summed E-state index contributed by atoms with van der Waals surface area (Å²) in [5, 5.41) is 8.37. The van der Waals surface area contributed by atoms with E-state index in [4.69, 9.17) is 5.26 Å². The first-order valence-electron chi connectivity index (χ1n) is 4.33. The third-order valence-electron chi connectivity index (χ3n) is 2.58. The predicted octanol–water partition coefficient (Wildman–Crippen LogP) is 1.63. The second kappa shape index (κ2) is 3.73. The molecule has 0 radical (unpaired) electrons. The van der Waals surface area contributed by atoms with Gasteiger partial charge in [0.2, 0.25) is 0 Å². The summed E-state index contributed by atoms with van der Waals surface area (Å²) in [6, 6.07) is 2.85. The van der Waals surface area contributed by atoms with Crippen LogP contribution in [0.15, 0.2) is 0 Å². The van der Waals surface area contributed by atoms with Crippen LogP contribution < -0.4 is 0 Å². The number of rotatable bonds is 4.